The average Bonchev–Trinajstić information content (AvgIpc) is 3.05. The van der Waals surface area contributed by atoms with Gasteiger partial charge in [0.15, 0.2) is 0 Å². The van der Waals surface area contributed by atoms with Gasteiger partial charge >= 0.3 is 0 Å². The molecule has 5 nitrogen and oxygen atoms in total. The molecule has 0 aliphatic carbocycles. The Hall–Kier alpha value is -2.62. The Morgan fingerprint density at radius 1 is 0.524 bits per heavy atom. The number of rotatable bonds is 15. The third kappa shape index (κ3) is 9.19. The smallest absolute Gasteiger partial charge is 0.142 e. The SMILES string of the molecule is CSS[C@@H]1O[C@H](COCc2ccccc2)[C@@H](OCc2ccccc2)[C@H](OCc2ccccc2)[C@H]1OCc1ccccc1. The molecule has 0 unspecified atom stereocenters. The Bertz CT molecular complexity index is 1280. The van der Waals surface area contributed by atoms with Gasteiger partial charge in [-0.15, -0.1) is 0 Å². The van der Waals surface area contributed by atoms with E-state index in [4.69, 9.17) is 23.7 Å². The highest BCUT2D eigenvalue weighted by molar-refractivity contribution is 8.76. The van der Waals surface area contributed by atoms with E-state index in [-0.39, 0.29) is 23.7 Å². The van der Waals surface area contributed by atoms with Crippen LogP contribution in [-0.2, 0) is 50.1 Å². The average molecular weight is 603 g/mol. The van der Waals surface area contributed by atoms with Gasteiger partial charge in [0.1, 0.15) is 29.9 Å². The van der Waals surface area contributed by atoms with E-state index in [0.29, 0.717) is 33.0 Å². The molecule has 0 N–H and O–H groups in total. The minimum absolute atomic E-state index is 0.272. The highest BCUT2D eigenvalue weighted by atomic mass is 33.1. The molecular weight excluding hydrogens is 565 g/mol. The van der Waals surface area contributed by atoms with Gasteiger partial charge in [0.05, 0.1) is 33.0 Å². The molecule has 1 aliphatic rings. The van der Waals surface area contributed by atoms with E-state index in [1.54, 1.807) is 21.6 Å². The molecule has 220 valence electrons. The summed E-state index contributed by atoms with van der Waals surface area (Å²) in [5.41, 5.74) is 4.13. The number of hydrogen-bond acceptors (Lipinski definition) is 7. The van der Waals surface area contributed by atoms with Crippen LogP contribution in [0.25, 0.3) is 0 Å². The van der Waals surface area contributed by atoms with Crippen LogP contribution in [0.1, 0.15) is 22.3 Å². The molecule has 1 aliphatic heterocycles. The fraction of sp³-hybridized carbons (Fsp3) is 0.314. The van der Waals surface area contributed by atoms with Gasteiger partial charge in [0.25, 0.3) is 0 Å². The van der Waals surface area contributed by atoms with Gasteiger partial charge in [0, 0.05) is 0 Å². The second-order valence-electron chi connectivity index (χ2n) is 10.1. The summed E-state index contributed by atoms with van der Waals surface area (Å²) >= 11 is 0. The third-order valence-corrected chi connectivity index (χ3v) is 8.94. The molecule has 0 radical (unpaired) electrons. The molecule has 5 rings (SSSR count). The van der Waals surface area contributed by atoms with E-state index in [2.05, 4.69) is 54.8 Å². The lowest BCUT2D eigenvalue weighted by Crippen LogP contribution is -2.60. The lowest BCUT2D eigenvalue weighted by atomic mass is 9.98. The summed E-state index contributed by atoms with van der Waals surface area (Å²) in [6.07, 6.45) is 0.545. The van der Waals surface area contributed by atoms with Crippen LogP contribution in [-0.4, -0.2) is 42.7 Å². The normalized spacial score (nSPS) is 22.2. The van der Waals surface area contributed by atoms with Gasteiger partial charge < -0.3 is 23.7 Å². The van der Waals surface area contributed by atoms with Gasteiger partial charge in [-0.25, -0.2) is 0 Å². The summed E-state index contributed by atoms with van der Waals surface area (Å²) in [4.78, 5) is 0. The van der Waals surface area contributed by atoms with Crippen molar-refractivity contribution in [2.45, 2.75) is 56.3 Å². The van der Waals surface area contributed by atoms with Crippen molar-refractivity contribution in [1.82, 2.24) is 0 Å². The van der Waals surface area contributed by atoms with Crippen molar-refractivity contribution in [3.63, 3.8) is 0 Å². The van der Waals surface area contributed by atoms with Gasteiger partial charge in [-0.05, 0) is 28.5 Å². The lowest BCUT2D eigenvalue weighted by molar-refractivity contribution is -0.254. The Morgan fingerprint density at radius 2 is 0.929 bits per heavy atom. The van der Waals surface area contributed by atoms with Crippen molar-refractivity contribution in [2.24, 2.45) is 0 Å². The van der Waals surface area contributed by atoms with Crippen LogP contribution in [0.5, 0.6) is 0 Å². The highest BCUT2D eigenvalue weighted by Gasteiger charge is 2.48. The van der Waals surface area contributed by atoms with E-state index in [1.165, 1.54) is 0 Å². The molecule has 4 aromatic rings. The first kappa shape index (κ1) is 30.8. The highest BCUT2D eigenvalue weighted by Crippen LogP contribution is 2.39. The molecule has 0 amide bonds. The summed E-state index contributed by atoms with van der Waals surface area (Å²) in [5.74, 6) is 0. The molecule has 0 saturated carbocycles. The Morgan fingerprint density at radius 3 is 1.38 bits per heavy atom. The van der Waals surface area contributed by atoms with Crippen LogP contribution in [0.4, 0.5) is 0 Å². The van der Waals surface area contributed by atoms with Crippen molar-refractivity contribution in [2.75, 3.05) is 12.9 Å². The topological polar surface area (TPSA) is 46.2 Å². The summed E-state index contributed by atoms with van der Waals surface area (Å²) in [6.45, 7) is 2.19. The number of hydrogen-bond donors (Lipinski definition) is 0. The molecule has 0 aromatic heterocycles. The second kappa shape index (κ2) is 16.9. The van der Waals surface area contributed by atoms with Gasteiger partial charge in [-0.1, -0.05) is 143 Å². The van der Waals surface area contributed by atoms with E-state index in [9.17, 15) is 0 Å². The predicted molar refractivity (Wildman–Crippen MR) is 171 cm³/mol. The number of ether oxygens (including phenoxy) is 5. The van der Waals surface area contributed by atoms with Gasteiger partial charge in [-0.3, -0.25) is 0 Å². The fourth-order valence-corrected chi connectivity index (χ4v) is 6.67. The van der Waals surface area contributed by atoms with Crippen molar-refractivity contribution >= 4 is 21.6 Å². The lowest BCUT2D eigenvalue weighted by Gasteiger charge is -2.45. The first-order valence-electron chi connectivity index (χ1n) is 14.2. The summed E-state index contributed by atoms with van der Waals surface area (Å²) < 4.78 is 33.0. The van der Waals surface area contributed by atoms with Crippen molar-refractivity contribution < 1.29 is 23.7 Å². The molecule has 0 bridgehead atoms. The van der Waals surface area contributed by atoms with E-state index in [1.807, 2.05) is 72.8 Å². The van der Waals surface area contributed by atoms with Crippen LogP contribution in [0, 0.1) is 0 Å². The van der Waals surface area contributed by atoms with Crippen molar-refractivity contribution in [1.29, 1.82) is 0 Å². The molecule has 42 heavy (non-hydrogen) atoms. The van der Waals surface area contributed by atoms with Crippen molar-refractivity contribution in [3.8, 4) is 0 Å². The van der Waals surface area contributed by atoms with E-state index >= 15 is 0 Å². The van der Waals surface area contributed by atoms with Crippen LogP contribution in [0.2, 0.25) is 0 Å². The zero-order valence-electron chi connectivity index (χ0n) is 23.8. The first-order valence-corrected chi connectivity index (χ1v) is 16.9. The van der Waals surface area contributed by atoms with Crippen LogP contribution >= 0.6 is 21.6 Å². The minimum atomic E-state index is -0.413. The molecule has 5 atom stereocenters. The van der Waals surface area contributed by atoms with Crippen LogP contribution in [0.3, 0.4) is 0 Å². The third-order valence-electron chi connectivity index (χ3n) is 7.03. The van der Waals surface area contributed by atoms with Gasteiger partial charge in [-0.2, -0.15) is 0 Å². The summed E-state index contributed by atoms with van der Waals surface area (Å²) in [6, 6.07) is 40.8. The van der Waals surface area contributed by atoms with E-state index < -0.39 is 6.10 Å². The Balaban J connectivity index is 1.40. The molecular formula is C35H38O5S2. The molecule has 7 heteroatoms. The minimum Gasteiger partial charge on any atom is -0.374 e. The fourth-order valence-electron chi connectivity index (χ4n) is 4.92. The molecule has 1 fully saturated rings. The molecule has 4 aromatic carbocycles. The van der Waals surface area contributed by atoms with Crippen molar-refractivity contribution in [3.05, 3.63) is 144 Å². The zero-order chi connectivity index (χ0) is 28.8. The monoisotopic (exact) mass is 602 g/mol. The largest absolute Gasteiger partial charge is 0.374 e. The number of benzene rings is 4. The zero-order valence-corrected chi connectivity index (χ0v) is 25.5. The summed E-state index contributed by atoms with van der Waals surface area (Å²) in [7, 11) is 3.31. The predicted octanol–water partition coefficient (Wildman–Crippen LogP) is 7.70. The maximum absolute atomic E-state index is 6.74. The first-order chi connectivity index (χ1) is 20.8. The quantitative estimate of drug-likeness (QED) is 0.129. The molecule has 1 saturated heterocycles. The van der Waals surface area contributed by atoms with Crippen LogP contribution < -0.4 is 0 Å². The molecule has 0 spiro atoms. The Kier molecular flexibility index (Phi) is 12.4. The second-order valence-corrected chi connectivity index (χ2v) is 12.7. The summed E-state index contributed by atoms with van der Waals surface area (Å²) in [5, 5.41) is 0. The molecule has 1 heterocycles. The van der Waals surface area contributed by atoms with E-state index in [0.717, 1.165) is 22.3 Å². The Labute approximate surface area is 257 Å². The standard InChI is InChI=1S/C35H38O5S2/c1-41-42-35-34(39-25-30-20-12-5-13-21-30)33(38-24-29-18-10-4-11-19-29)32(37-23-28-16-8-3-9-17-28)31(40-35)26-36-22-27-14-6-2-7-15-27/h2-21,31-35H,22-26H2,1H3/t31-,32-,33+,34-,35+/m1/s1. The van der Waals surface area contributed by atoms with Crippen LogP contribution in [0.15, 0.2) is 121 Å². The van der Waals surface area contributed by atoms with Gasteiger partial charge in [0.2, 0.25) is 0 Å². The maximum atomic E-state index is 6.74. The maximum Gasteiger partial charge on any atom is 0.142 e.